The monoisotopic (exact) mass is 282 g/mol. The van der Waals surface area contributed by atoms with Gasteiger partial charge in [0.25, 0.3) is 0 Å². The van der Waals surface area contributed by atoms with Crippen molar-refractivity contribution >= 4 is 16.6 Å². The number of aromatic hydroxyl groups is 2. The highest BCUT2D eigenvalue weighted by atomic mass is 16.3. The zero-order valence-electron chi connectivity index (χ0n) is 12.0. The molecule has 2 aromatic carbocycles. The molecule has 0 bridgehead atoms. The first kappa shape index (κ1) is 12.7. The van der Waals surface area contributed by atoms with Gasteiger partial charge in [-0.3, -0.25) is 4.79 Å². The first-order valence-corrected chi connectivity index (χ1v) is 7.51. The third-order valence-corrected chi connectivity index (χ3v) is 5.56. The minimum Gasteiger partial charge on any atom is -0.508 e. The molecule has 2 N–H and O–H groups in total. The molecule has 0 aromatic heterocycles. The Hall–Kier alpha value is -2.03. The molecule has 1 unspecified atom stereocenters. The van der Waals surface area contributed by atoms with Crippen LogP contribution in [0.25, 0.3) is 10.8 Å². The first-order valence-electron chi connectivity index (χ1n) is 7.51. The number of aryl methyl sites for hydroxylation is 1. The average molecular weight is 282 g/mol. The zero-order chi connectivity index (χ0) is 14.8. The molecule has 0 amide bonds. The highest BCUT2D eigenvalue weighted by Crippen LogP contribution is 2.56. The molecule has 2 aliphatic rings. The molecule has 2 aromatic rings. The van der Waals surface area contributed by atoms with E-state index >= 15 is 0 Å². The van der Waals surface area contributed by atoms with Crippen molar-refractivity contribution in [1.29, 1.82) is 0 Å². The predicted octanol–water partition coefficient (Wildman–Crippen LogP) is 3.65. The van der Waals surface area contributed by atoms with E-state index in [9.17, 15) is 15.0 Å². The van der Waals surface area contributed by atoms with Gasteiger partial charge in [-0.25, -0.2) is 0 Å². The van der Waals surface area contributed by atoms with Gasteiger partial charge in [0.15, 0.2) is 0 Å². The maximum atomic E-state index is 12.2. The van der Waals surface area contributed by atoms with Gasteiger partial charge in [0.05, 0.1) is 0 Å². The van der Waals surface area contributed by atoms with Crippen molar-refractivity contribution < 1.29 is 15.0 Å². The van der Waals surface area contributed by atoms with Gasteiger partial charge in [-0.1, -0.05) is 13.0 Å². The number of hydrogen-bond acceptors (Lipinski definition) is 3. The molecule has 2 atom stereocenters. The van der Waals surface area contributed by atoms with Crippen LogP contribution in [0.1, 0.15) is 43.2 Å². The number of phenols is 2. The Morgan fingerprint density at radius 2 is 2.00 bits per heavy atom. The molecule has 1 saturated carbocycles. The molecule has 0 radical (unpaired) electrons. The lowest BCUT2D eigenvalue weighted by Crippen LogP contribution is -2.32. The summed E-state index contributed by atoms with van der Waals surface area (Å²) in [6.07, 6.45) is 3.11. The molecule has 3 nitrogen and oxygen atoms in total. The van der Waals surface area contributed by atoms with Crippen LogP contribution in [-0.4, -0.2) is 16.0 Å². The second kappa shape index (κ2) is 4.00. The topological polar surface area (TPSA) is 57.5 Å². The van der Waals surface area contributed by atoms with Crippen LogP contribution >= 0.6 is 0 Å². The van der Waals surface area contributed by atoms with E-state index in [1.807, 2.05) is 6.07 Å². The summed E-state index contributed by atoms with van der Waals surface area (Å²) in [5.41, 5.74) is 1.81. The quantitative estimate of drug-likeness (QED) is 0.775. The van der Waals surface area contributed by atoms with Gasteiger partial charge >= 0.3 is 0 Å². The molecule has 1 fully saturated rings. The van der Waals surface area contributed by atoms with Crippen molar-refractivity contribution in [1.82, 2.24) is 0 Å². The molecule has 0 aliphatic heterocycles. The van der Waals surface area contributed by atoms with E-state index in [0.717, 1.165) is 41.2 Å². The molecular weight excluding hydrogens is 264 g/mol. The summed E-state index contributed by atoms with van der Waals surface area (Å²) in [5, 5.41) is 22.1. The van der Waals surface area contributed by atoms with E-state index < -0.39 is 0 Å². The summed E-state index contributed by atoms with van der Waals surface area (Å²) in [6.45, 7) is 2.05. The molecule has 108 valence electrons. The van der Waals surface area contributed by atoms with Crippen LogP contribution in [0.4, 0.5) is 0 Å². The highest BCUT2D eigenvalue weighted by Gasteiger charge is 2.50. The lowest BCUT2D eigenvalue weighted by molar-refractivity contribution is -0.126. The predicted molar refractivity (Wildman–Crippen MR) is 80.7 cm³/mol. The van der Waals surface area contributed by atoms with Crippen LogP contribution in [0, 0.1) is 5.41 Å². The number of ketones is 1. The number of fused-ring (bicyclic) bond motifs is 5. The van der Waals surface area contributed by atoms with Crippen molar-refractivity contribution in [3.05, 3.63) is 35.4 Å². The number of rotatable bonds is 0. The summed E-state index contributed by atoms with van der Waals surface area (Å²) in [4.78, 5) is 12.2. The number of Topliss-reactive ketones (excluding diaryl/α,β-unsaturated/α-hetero) is 1. The number of carbonyl (C=O) groups is 1. The number of hydrogen-bond donors (Lipinski definition) is 2. The van der Waals surface area contributed by atoms with Gasteiger partial charge in [-0.05, 0) is 53.8 Å². The fraction of sp³-hybridized carbons (Fsp3) is 0.389. The highest BCUT2D eigenvalue weighted by molar-refractivity contribution is 5.93. The normalized spacial score (nSPS) is 27.7. The Balaban J connectivity index is 2.01. The molecule has 0 heterocycles. The van der Waals surface area contributed by atoms with E-state index in [1.165, 1.54) is 0 Å². The molecule has 4 rings (SSSR count). The number of benzene rings is 2. The second-order valence-electron chi connectivity index (χ2n) is 6.63. The molecule has 0 saturated heterocycles. The lowest BCUT2D eigenvalue weighted by Gasteiger charge is -2.37. The second-order valence-corrected chi connectivity index (χ2v) is 6.63. The van der Waals surface area contributed by atoms with Crippen LogP contribution in [0.2, 0.25) is 0 Å². The van der Waals surface area contributed by atoms with Crippen molar-refractivity contribution in [3.8, 4) is 11.5 Å². The first-order chi connectivity index (χ1) is 10.0. The minimum atomic E-state index is -0.310. The Morgan fingerprint density at radius 1 is 1.19 bits per heavy atom. The summed E-state index contributed by atoms with van der Waals surface area (Å²) >= 11 is 0. The van der Waals surface area contributed by atoms with Crippen LogP contribution in [0.15, 0.2) is 24.3 Å². The maximum Gasteiger partial charge on any atom is 0.139 e. The fourth-order valence-electron chi connectivity index (χ4n) is 4.36. The van der Waals surface area contributed by atoms with Crippen molar-refractivity contribution in [2.75, 3.05) is 0 Å². The minimum absolute atomic E-state index is 0.131. The van der Waals surface area contributed by atoms with E-state index in [2.05, 4.69) is 6.92 Å². The van der Waals surface area contributed by atoms with Crippen molar-refractivity contribution in [3.63, 3.8) is 0 Å². The molecular formula is C18H18O3. The third-order valence-electron chi connectivity index (χ3n) is 5.56. The maximum absolute atomic E-state index is 12.2. The Morgan fingerprint density at radius 3 is 2.81 bits per heavy atom. The van der Waals surface area contributed by atoms with Gasteiger partial charge in [0, 0.05) is 23.3 Å². The summed E-state index contributed by atoms with van der Waals surface area (Å²) < 4.78 is 0. The van der Waals surface area contributed by atoms with Gasteiger partial charge in [0.1, 0.15) is 17.3 Å². The SMILES string of the molecule is CC12CCc3c(c(O)cc4cc(O)ccc34)[C@@H]1CCC2=O. The van der Waals surface area contributed by atoms with Crippen LogP contribution in [0.5, 0.6) is 11.5 Å². The van der Waals surface area contributed by atoms with E-state index in [1.54, 1.807) is 18.2 Å². The standard InChI is InChI=1S/C18H18O3/c1-18-7-6-13-12-3-2-11(19)8-10(12)9-15(20)17(13)14(18)4-5-16(18)21/h2-3,8-9,14,19-20H,4-7H2,1H3/t14-,18?/m0/s1. The molecule has 0 spiro atoms. The Bertz CT molecular complexity index is 778. The van der Waals surface area contributed by atoms with E-state index in [-0.39, 0.29) is 22.8 Å². The zero-order valence-corrected chi connectivity index (χ0v) is 12.0. The summed E-state index contributed by atoms with van der Waals surface area (Å²) in [7, 11) is 0. The van der Waals surface area contributed by atoms with Gasteiger partial charge in [-0.2, -0.15) is 0 Å². The molecule has 2 aliphatic carbocycles. The van der Waals surface area contributed by atoms with Crippen molar-refractivity contribution in [2.45, 2.75) is 38.5 Å². The molecule has 3 heteroatoms. The average Bonchev–Trinajstić information content (AvgIpc) is 2.74. The van der Waals surface area contributed by atoms with Gasteiger partial charge < -0.3 is 10.2 Å². The van der Waals surface area contributed by atoms with E-state index in [0.29, 0.717) is 12.2 Å². The van der Waals surface area contributed by atoms with Crippen LogP contribution in [0.3, 0.4) is 0 Å². The van der Waals surface area contributed by atoms with Crippen LogP contribution in [-0.2, 0) is 11.2 Å². The summed E-state index contributed by atoms with van der Waals surface area (Å²) in [6, 6.07) is 7.01. The largest absolute Gasteiger partial charge is 0.508 e. The lowest BCUT2D eigenvalue weighted by atomic mass is 9.65. The fourth-order valence-corrected chi connectivity index (χ4v) is 4.36. The molecule has 21 heavy (non-hydrogen) atoms. The Kier molecular flexibility index (Phi) is 2.42. The van der Waals surface area contributed by atoms with Gasteiger partial charge in [0.2, 0.25) is 0 Å². The third kappa shape index (κ3) is 1.57. The Labute approximate surface area is 123 Å². The van der Waals surface area contributed by atoms with Crippen molar-refractivity contribution in [2.24, 2.45) is 5.41 Å². The number of carbonyl (C=O) groups excluding carboxylic acids is 1. The summed E-state index contributed by atoms with van der Waals surface area (Å²) in [5.74, 6) is 0.947. The van der Waals surface area contributed by atoms with Gasteiger partial charge in [-0.15, -0.1) is 0 Å². The smallest absolute Gasteiger partial charge is 0.139 e. The van der Waals surface area contributed by atoms with E-state index in [4.69, 9.17) is 0 Å². The van der Waals surface area contributed by atoms with Crippen LogP contribution < -0.4 is 0 Å². The number of phenolic OH excluding ortho intramolecular Hbond substituents is 2.